The van der Waals surface area contributed by atoms with Gasteiger partial charge in [0.1, 0.15) is 16.7 Å². The van der Waals surface area contributed by atoms with Crippen LogP contribution in [0.15, 0.2) is 38.5 Å². The van der Waals surface area contributed by atoms with E-state index in [2.05, 4.69) is 4.99 Å². The fourth-order valence-corrected chi connectivity index (χ4v) is 3.32. The minimum absolute atomic E-state index is 0.492. The van der Waals surface area contributed by atoms with Crippen molar-refractivity contribution >= 4 is 28.0 Å². The lowest BCUT2D eigenvalue weighted by Gasteiger charge is -2.37. The lowest BCUT2D eigenvalue weighted by molar-refractivity contribution is 0.258. The number of aliphatic imine (C=N–C) groups is 1. The summed E-state index contributed by atoms with van der Waals surface area (Å²) in [7, 11) is 0. The Hall–Kier alpha value is -2.32. The van der Waals surface area contributed by atoms with Crippen LogP contribution in [0.3, 0.4) is 0 Å². The average Bonchev–Trinajstić information content (AvgIpc) is 3.04. The molecule has 1 fully saturated rings. The molecule has 0 radical (unpaired) electrons. The van der Waals surface area contributed by atoms with Gasteiger partial charge in [0, 0.05) is 21.9 Å². The number of carbonyl (C=O) groups excluding carboxylic acids is 1. The highest BCUT2D eigenvalue weighted by atomic mass is 16.3. The second kappa shape index (κ2) is 3.84. The molecule has 0 spiro atoms. The number of nitrogens with zero attached hydrogens (tertiary/aromatic N) is 1. The van der Waals surface area contributed by atoms with E-state index in [0.29, 0.717) is 0 Å². The molecule has 1 saturated carbocycles. The van der Waals surface area contributed by atoms with Gasteiger partial charge in [-0.05, 0) is 38.3 Å². The smallest absolute Gasteiger partial charge is 0.235 e. The summed E-state index contributed by atoms with van der Waals surface area (Å²) in [5, 5.41) is 2.01. The number of furan rings is 2. The van der Waals surface area contributed by atoms with E-state index < -0.39 is 5.54 Å². The Morgan fingerprint density at radius 3 is 2.50 bits per heavy atom. The van der Waals surface area contributed by atoms with Crippen molar-refractivity contribution in [2.24, 2.45) is 4.99 Å². The Morgan fingerprint density at radius 2 is 1.85 bits per heavy atom. The molecule has 20 heavy (non-hydrogen) atoms. The molecule has 1 aliphatic carbocycles. The van der Waals surface area contributed by atoms with E-state index in [-0.39, 0.29) is 0 Å². The molecule has 1 aliphatic rings. The maximum Gasteiger partial charge on any atom is 0.235 e. The van der Waals surface area contributed by atoms with Gasteiger partial charge >= 0.3 is 0 Å². The summed E-state index contributed by atoms with van der Waals surface area (Å²) in [4.78, 5) is 15.0. The predicted molar refractivity (Wildman–Crippen MR) is 74.4 cm³/mol. The van der Waals surface area contributed by atoms with Crippen molar-refractivity contribution in [1.82, 2.24) is 0 Å². The molecule has 0 bridgehead atoms. The van der Waals surface area contributed by atoms with Crippen LogP contribution >= 0.6 is 0 Å². The lowest BCUT2D eigenvalue weighted by Crippen LogP contribution is -2.32. The molecule has 0 unspecified atom stereocenters. The Kier molecular flexibility index (Phi) is 2.21. The van der Waals surface area contributed by atoms with E-state index in [0.717, 1.165) is 52.3 Å². The van der Waals surface area contributed by atoms with Crippen LogP contribution in [0, 0.1) is 6.92 Å². The van der Waals surface area contributed by atoms with Crippen molar-refractivity contribution < 1.29 is 13.6 Å². The molecule has 0 atom stereocenters. The maximum atomic E-state index is 10.9. The number of isocyanates is 1. The highest BCUT2D eigenvalue weighted by Gasteiger charge is 2.43. The van der Waals surface area contributed by atoms with E-state index in [1.165, 1.54) is 0 Å². The van der Waals surface area contributed by atoms with Crippen LogP contribution in [0.1, 0.15) is 30.4 Å². The summed E-state index contributed by atoms with van der Waals surface area (Å²) in [5.74, 6) is 0. The minimum Gasteiger partial charge on any atom is -0.464 e. The first-order valence-corrected chi connectivity index (χ1v) is 6.73. The zero-order valence-electron chi connectivity index (χ0n) is 11.1. The normalized spacial score (nSPS) is 17.1. The first-order chi connectivity index (χ1) is 9.77. The van der Waals surface area contributed by atoms with Gasteiger partial charge in [-0.1, -0.05) is 0 Å². The molecule has 0 saturated heterocycles. The van der Waals surface area contributed by atoms with Crippen LogP contribution in [0.25, 0.3) is 21.9 Å². The predicted octanol–water partition coefficient (Wildman–Crippen LogP) is 4.20. The van der Waals surface area contributed by atoms with Gasteiger partial charge in [0.15, 0.2) is 0 Å². The van der Waals surface area contributed by atoms with Crippen molar-refractivity contribution in [3.8, 4) is 0 Å². The second-order valence-electron chi connectivity index (χ2n) is 5.42. The van der Waals surface area contributed by atoms with Gasteiger partial charge in [-0.25, -0.2) is 4.79 Å². The third-order valence-corrected chi connectivity index (χ3v) is 4.48. The van der Waals surface area contributed by atoms with Crippen molar-refractivity contribution in [3.63, 3.8) is 0 Å². The zero-order chi connectivity index (χ0) is 13.7. The maximum absolute atomic E-state index is 10.9. The number of aryl methyl sites for hydroxylation is 1. The zero-order valence-corrected chi connectivity index (χ0v) is 11.1. The van der Waals surface area contributed by atoms with E-state index in [1.807, 2.05) is 19.1 Å². The standard InChI is InChI=1S/C16H13NO3/c1-10-11-3-7-20-15(11)13(12-4-8-19-14(10)12)16(17-9-18)5-2-6-16/h3-4,7-8H,2,5-6H2,1H3. The van der Waals surface area contributed by atoms with Gasteiger partial charge in [-0.15, -0.1) is 0 Å². The van der Waals surface area contributed by atoms with Gasteiger partial charge in [-0.2, -0.15) is 4.99 Å². The second-order valence-corrected chi connectivity index (χ2v) is 5.42. The van der Waals surface area contributed by atoms with E-state index in [1.54, 1.807) is 18.6 Å². The third-order valence-electron chi connectivity index (χ3n) is 4.48. The molecule has 1 aromatic carbocycles. The molecule has 4 rings (SSSR count). The quantitative estimate of drug-likeness (QED) is 0.516. The first-order valence-electron chi connectivity index (χ1n) is 6.73. The topological polar surface area (TPSA) is 55.7 Å². The first kappa shape index (κ1) is 11.5. The van der Waals surface area contributed by atoms with Crippen molar-refractivity contribution in [2.75, 3.05) is 0 Å². The Morgan fingerprint density at radius 1 is 1.15 bits per heavy atom. The molecule has 3 aromatic rings. The van der Waals surface area contributed by atoms with Gasteiger partial charge in [0.25, 0.3) is 0 Å². The number of hydrogen-bond acceptors (Lipinski definition) is 4. The summed E-state index contributed by atoms with van der Waals surface area (Å²) >= 11 is 0. The van der Waals surface area contributed by atoms with E-state index in [4.69, 9.17) is 8.83 Å². The Balaban J connectivity index is 2.20. The van der Waals surface area contributed by atoms with Gasteiger partial charge < -0.3 is 8.83 Å². The van der Waals surface area contributed by atoms with Crippen molar-refractivity contribution in [2.45, 2.75) is 31.7 Å². The van der Waals surface area contributed by atoms with Crippen LogP contribution in [0.2, 0.25) is 0 Å². The average molecular weight is 267 g/mol. The van der Waals surface area contributed by atoms with Gasteiger partial charge in [-0.3, -0.25) is 0 Å². The molecule has 0 amide bonds. The summed E-state index contributed by atoms with van der Waals surface area (Å²) in [5.41, 5.74) is 3.20. The number of benzene rings is 1. The summed E-state index contributed by atoms with van der Waals surface area (Å²) < 4.78 is 11.3. The Bertz CT molecular complexity index is 809. The minimum atomic E-state index is -0.492. The molecular weight excluding hydrogens is 254 g/mol. The summed E-state index contributed by atoms with van der Waals surface area (Å²) in [6, 6.07) is 3.87. The molecule has 4 nitrogen and oxygen atoms in total. The van der Waals surface area contributed by atoms with Crippen molar-refractivity contribution in [1.29, 1.82) is 0 Å². The van der Waals surface area contributed by atoms with E-state index in [9.17, 15) is 4.79 Å². The molecular formula is C16H13NO3. The molecule has 0 N–H and O–H groups in total. The fraction of sp³-hybridized carbons (Fsp3) is 0.312. The van der Waals surface area contributed by atoms with Gasteiger partial charge in [0.05, 0.1) is 12.5 Å². The molecule has 2 aromatic heterocycles. The number of rotatable bonds is 2. The van der Waals surface area contributed by atoms with Gasteiger partial charge in [0.2, 0.25) is 6.08 Å². The monoisotopic (exact) mass is 267 g/mol. The van der Waals surface area contributed by atoms with Crippen LogP contribution in [-0.4, -0.2) is 6.08 Å². The largest absolute Gasteiger partial charge is 0.464 e. The third kappa shape index (κ3) is 1.27. The summed E-state index contributed by atoms with van der Waals surface area (Å²) in [6.07, 6.45) is 7.85. The van der Waals surface area contributed by atoms with Crippen LogP contribution in [-0.2, 0) is 10.3 Å². The molecule has 0 aliphatic heterocycles. The highest BCUT2D eigenvalue weighted by molar-refractivity contribution is 6.02. The van der Waals surface area contributed by atoms with E-state index >= 15 is 0 Å². The molecule has 2 heterocycles. The number of fused-ring (bicyclic) bond motifs is 2. The SMILES string of the molecule is Cc1c2ccoc2c(C2(N=C=O)CCC2)c2ccoc12. The summed E-state index contributed by atoms with van der Waals surface area (Å²) in [6.45, 7) is 2.02. The number of hydrogen-bond donors (Lipinski definition) is 0. The molecule has 4 heteroatoms. The van der Waals surface area contributed by atoms with Crippen LogP contribution in [0.5, 0.6) is 0 Å². The van der Waals surface area contributed by atoms with Crippen molar-refractivity contribution in [3.05, 3.63) is 35.8 Å². The highest BCUT2D eigenvalue weighted by Crippen LogP contribution is 2.50. The van der Waals surface area contributed by atoms with Crippen LogP contribution < -0.4 is 0 Å². The lowest BCUT2D eigenvalue weighted by atomic mass is 9.70. The molecule has 100 valence electrons. The van der Waals surface area contributed by atoms with Crippen LogP contribution in [0.4, 0.5) is 0 Å². The Labute approximate surface area is 115 Å². The fourth-order valence-electron chi connectivity index (χ4n) is 3.32.